The van der Waals surface area contributed by atoms with E-state index < -0.39 is 11.6 Å². The van der Waals surface area contributed by atoms with Gasteiger partial charge in [0.15, 0.2) is 11.6 Å². The number of anilines is 3. The predicted octanol–water partition coefficient (Wildman–Crippen LogP) is 4.59. The van der Waals surface area contributed by atoms with Crippen LogP contribution in [-0.4, -0.2) is 10.9 Å². The summed E-state index contributed by atoms with van der Waals surface area (Å²) in [4.78, 5) is 16.3. The summed E-state index contributed by atoms with van der Waals surface area (Å²) in [5.74, 6) is -1.53. The summed E-state index contributed by atoms with van der Waals surface area (Å²) >= 11 is 0. The molecule has 0 bridgehead atoms. The van der Waals surface area contributed by atoms with Crippen LogP contribution in [0, 0.1) is 18.6 Å². The molecule has 6 heteroatoms. The molecule has 1 heterocycles. The number of nitrogens with one attached hydrogen (secondary N) is 2. The zero-order valence-corrected chi connectivity index (χ0v) is 14.1. The molecule has 1 amide bonds. The predicted molar refractivity (Wildman–Crippen MR) is 97.4 cm³/mol. The highest BCUT2D eigenvalue weighted by molar-refractivity contribution is 5.92. The maximum absolute atomic E-state index is 13.2. The van der Waals surface area contributed by atoms with E-state index >= 15 is 0 Å². The zero-order chi connectivity index (χ0) is 18.5. The van der Waals surface area contributed by atoms with Crippen molar-refractivity contribution in [2.45, 2.75) is 13.3 Å². The molecule has 3 rings (SSSR count). The van der Waals surface area contributed by atoms with Crippen molar-refractivity contribution in [2.75, 3.05) is 10.6 Å². The number of carbonyl (C=O) groups is 1. The first-order chi connectivity index (χ1) is 12.5. The van der Waals surface area contributed by atoms with E-state index in [0.717, 1.165) is 23.3 Å². The van der Waals surface area contributed by atoms with Gasteiger partial charge < -0.3 is 10.6 Å². The van der Waals surface area contributed by atoms with Gasteiger partial charge in [0.2, 0.25) is 5.91 Å². The minimum atomic E-state index is -0.935. The summed E-state index contributed by atoms with van der Waals surface area (Å²) in [7, 11) is 0. The quantitative estimate of drug-likeness (QED) is 0.705. The minimum absolute atomic E-state index is 0.140. The third-order valence-corrected chi connectivity index (χ3v) is 3.69. The molecule has 0 spiro atoms. The Labute approximate surface area is 149 Å². The molecule has 0 aliphatic carbocycles. The van der Waals surface area contributed by atoms with E-state index in [-0.39, 0.29) is 12.3 Å². The number of benzene rings is 2. The summed E-state index contributed by atoms with van der Waals surface area (Å²) in [5.41, 5.74) is 2.97. The van der Waals surface area contributed by atoms with E-state index in [1.807, 2.05) is 31.2 Å². The summed E-state index contributed by atoms with van der Waals surface area (Å²) in [6.45, 7) is 1.98. The Balaban J connectivity index is 1.60. The molecule has 4 nitrogen and oxygen atoms in total. The molecule has 0 fully saturated rings. The molecule has 0 saturated carbocycles. The van der Waals surface area contributed by atoms with E-state index in [1.54, 1.807) is 12.1 Å². The number of hydrogen-bond acceptors (Lipinski definition) is 3. The van der Waals surface area contributed by atoms with Crippen molar-refractivity contribution in [1.82, 2.24) is 4.98 Å². The fraction of sp³-hybridized carbons (Fsp3) is 0.100. The molecule has 0 aliphatic rings. The Kier molecular flexibility index (Phi) is 5.22. The molecule has 0 radical (unpaired) electrons. The van der Waals surface area contributed by atoms with Crippen LogP contribution < -0.4 is 10.6 Å². The Hall–Kier alpha value is -3.28. The van der Waals surface area contributed by atoms with Crippen molar-refractivity contribution in [2.24, 2.45) is 0 Å². The molecule has 132 valence electrons. The van der Waals surface area contributed by atoms with E-state index in [0.29, 0.717) is 17.2 Å². The van der Waals surface area contributed by atoms with Crippen molar-refractivity contribution < 1.29 is 13.6 Å². The number of carbonyl (C=O) groups excluding carboxylic acids is 1. The lowest BCUT2D eigenvalue weighted by atomic mass is 10.1. The van der Waals surface area contributed by atoms with Gasteiger partial charge in [-0.3, -0.25) is 4.79 Å². The van der Waals surface area contributed by atoms with Gasteiger partial charge in [-0.2, -0.15) is 0 Å². The van der Waals surface area contributed by atoms with Crippen molar-refractivity contribution in [3.05, 3.63) is 83.6 Å². The van der Waals surface area contributed by atoms with Crippen LogP contribution >= 0.6 is 0 Å². The third-order valence-electron chi connectivity index (χ3n) is 3.69. The van der Waals surface area contributed by atoms with Gasteiger partial charge in [0, 0.05) is 11.8 Å². The lowest BCUT2D eigenvalue weighted by Crippen LogP contribution is -2.14. The summed E-state index contributed by atoms with van der Waals surface area (Å²) in [6, 6.07) is 14.6. The molecule has 0 unspecified atom stereocenters. The summed E-state index contributed by atoms with van der Waals surface area (Å²) < 4.78 is 26.1. The first-order valence-electron chi connectivity index (χ1n) is 8.03. The molecule has 26 heavy (non-hydrogen) atoms. The van der Waals surface area contributed by atoms with Crippen molar-refractivity contribution >= 4 is 23.1 Å². The first kappa shape index (κ1) is 17.5. The summed E-state index contributed by atoms with van der Waals surface area (Å²) in [5, 5.41) is 5.65. The second-order valence-electron chi connectivity index (χ2n) is 5.90. The van der Waals surface area contributed by atoms with Gasteiger partial charge >= 0.3 is 0 Å². The normalized spacial score (nSPS) is 10.4. The number of amides is 1. The zero-order valence-electron chi connectivity index (χ0n) is 14.1. The van der Waals surface area contributed by atoms with Crippen molar-refractivity contribution in [3.63, 3.8) is 0 Å². The van der Waals surface area contributed by atoms with Gasteiger partial charge in [-0.05, 0) is 36.8 Å². The van der Waals surface area contributed by atoms with Crippen molar-refractivity contribution in [1.29, 1.82) is 0 Å². The molecule has 0 atom stereocenters. The lowest BCUT2D eigenvalue weighted by molar-refractivity contribution is -0.115. The topological polar surface area (TPSA) is 54.0 Å². The first-order valence-corrected chi connectivity index (χ1v) is 8.03. The standard InChI is InChI=1S/C20H17F2N3O/c1-13-3-2-4-14(9-13)10-20(26)25-16-6-8-19(23-12-16)24-15-5-7-17(21)18(22)11-15/h2-9,11-12H,10H2,1H3,(H,23,24)(H,25,26). The van der Waals surface area contributed by atoms with Gasteiger partial charge in [0.05, 0.1) is 18.3 Å². The highest BCUT2D eigenvalue weighted by Gasteiger charge is 2.06. The Morgan fingerprint density at radius 3 is 2.50 bits per heavy atom. The highest BCUT2D eigenvalue weighted by Crippen LogP contribution is 2.18. The largest absolute Gasteiger partial charge is 0.340 e. The fourth-order valence-corrected chi connectivity index (χ4v) is 2.48. The van der Waals surface area contributed by atoms with E-state index in [2.05, 4.69) is 15.6 Å². The highest BCUT2D eigenvalue weighted by atomic mass is 19.2. The minimum Gasteiger partial charge on any atom is -0.340 e. The monoisotopic (exact) mass is 353 g/mol. The molecular weight excluding hydrogens is 336 g/mol. The van der Waals surface area contributed by atoms with Crippen LogP contribution in [-0.2, 0) is 11.2 Å². The molecular formula is C20H17F2N3O. The second kappa shape index (κ2) is 7.74. The number of pyridine rings is 1. The molecule has 0 aliphatic heterocycles. The Bertz CT molecular complexity index is 927. The molecule has 1 aromatic heterocycles. The van der Waals surface area contributed by atoms with Gasteiger partial charge in [-0.15, -0.1) is 0 Å². The average Bonchev–Trinajstić information content (AvgIpc) is 2.60. The van der Waals surface area contributed by atoms with Gasteiger partial charge in [-0.25, -0.2) is 13.8 Å². The van der Waals surface area contributed by atoms with Gasteiger partial charge in [0.25, 0.3) is 0 Å². The van der Waals surface area contributed by atoms with Crippen LogP contribution in [0.4, 0.5) is 26.0 Å². The number of nitrogens with zero attached hydrogens (tertiary/aromatic N) is 1. The van der Waals surface area contributed by atoms with Crippen LogP contribution in [0.3, 0.4) is 0 Å². The molecule has 2 N–H and O–H groups in total. The van der Waals surface area contributed by atoms with Crippen LogP contribution in [0.25, 0.3) is 0 Å². The Morgan fingerprint density at radius 1 is 1.00 bits per heavy atom. The van der Waals surface area contributed by atoms with Gasteiger partial charge in [0.1, 0.15) is 5.82 Å². The number of aryl methyl sites for hydroxylation is 1. The van der Waals surface area contributed by atoms with Crippen LogP contribution in [0.2, 0.25) is 0 Å². The van der Waals surface area contributed by atoms with Crippen LogP contribution in [0.5, 0.6) is 0 Å². The molecule has 0 saturated heterocycles. The second-order valence-corrected chi connectivity index (χ2v) is 5.90. The number of aromatic nitrogens is 1. The average molecular weight is 353 g/mol. The van der Waals surface area contributed by atoms with Crippen LogP contribution in [0.1, 0.15) is 11.1 Å². The molecule has 3 aromatic rings. The maximum Gasteiger partial charge on any atom is 0.228 e. The van der Waals surface area contributed by atoms with E-state index in [1.165, 1.54) is 12.3 Å². The smallest absolute Gasteiger partial charge is 0.228 e. The Morgan fingerprint density at radius 2 is 1.81 bits per heavy atom. The third kappa shape index (κ3) is 4.63. The van der Waals surface area contributed by atoms with E-state index in [4.69, 9.17) is 0 Å². The maximum atomic E-state index is 13.2. The fourth-order valence-electron chi connectivity index (χ4n) is 2.48. The van der Waals surface area contributed by atoms with Crippen LogP contribution in [0.15, 0.2) is 60.8 Å². The summed E-state index contributed by atoms with van der Waals surface area (Å²) in [6.07, 6.45) is 1.77. The van der Waals surface area contributed by atoms with Crippen molar-refractivity contribution in [3.8, 4) is 0 Å². The van der Waals surface area contributed by atoms with Gasteiger partial charge in [-0.1, -0.05) is 29.8 Å². The number of rotatable bonds is 5. The SMILES string of the molecule is Cc1cccc(CC(=O)Nc2ccc(Nc3ccc(F)c(F)c3)nc2)c1. The number of halogens is 2. The number of hydrogen-bond donors (Lipinski definition) is 2. The molecule has 2 aromatic carbocycles. The van der Waals surface area contributed by atoms with E-state index in [9.17, 15) is 13.6 Å². The lowest BCUT2D eigenvalue weighted by Gasteiger charge is -2.08.